The van der Waals surface area contributed by atoms with E-state index in [1.54, 1.807) is 37.9 Å². The number of Topliss-reactive ketones (excluding diaryl/α,β-unsaturated/α-hetero) is 1. The number of aryl methyl sites for hydroxylation is 2. The second-order valence-corrected chi connectivity index (χ2v) is 13.7. The highest BCUT2D eigenvalue weighted by Gasteiger charge is 2.61. The number of aliphatic hydroxyl groups is 1. The van der Waals surface area contributed by atoms with Gasteiger partial charge in [-0.15, -0.1) is 0 Å². The Hall–Kier alpha value is -3.07. The van der Waals surface area contributed by atoms with Crippen LogP contribution in [0.25, 0.3) is 0 Å². The highest BCUT2D eigenvalue weighted by atomic mass is 32.2. The van der Waals surface area contributed by atoms with E-state index >= 15 is 0 Å². The van der Waals surface area contributed by atoms with E-state index in [4.69, 9.17) is 15.1 Å². The maximum absolute atomic E-state index is 13.6. The van der Waals surface area contributed by atoms with Gasteiger partial charge in [0.1, 0.15) is 11.4 Å². The number of ketones is 1. The molecule has 10 nitrogen and oxygen atoms in total. The summed E-state index contributed by atoms with van der Waals surface area (Å²) in [5, 5.41) is 22.3. The summed E-state index contributed by atoms with van der Waals surface area (Å²) in [4.78, 5) is 28.1. The van der Waals surface area contributed by atoms with E-state index in [0.29, 0.717) is 54.7 Å². The molecule has 2 aromatic rings. The fourth-order valence-electron chi connectivity index (χ4n) is 5.11. The van der Waals surface area contributed by atoms with Crippen molar-refractivity contribution in [3.63, 3.8) is 0 Å². The third-order valence-corrected chi connectivity index (χ3v) is 10.8. The molecule has 0 unspecified atom stereocenters. The van der Waals surface area contributed by atoms with Crippen molar-refractivity contribution in [2.75, 3.05) is 32.9 Å². The molecule has 2 aliphatic rings. The number of nitrogens with zero attached hydrogens (tertiary/aromatic N) is 4. The maximum Gasteiger partial charge on any atom is 0.272 e. The molecule has 0 saturated heterocycles. The van der Waals surface area contributed by atoms with Crippen LogP contribution in [-0.4, -0.2) is 82.3 Å². The summed E-state index contributed by atoms with van der Waals surface area (Å²) < 4.78 is 31.8. The van der Waals surface area contributed by atoms with Crippen molar-refractivity contribution < 1.29 is 27.9 Å². The molecule has 2 heterocycles. The molecule has 1 aromatic carbocycles. The Bertz CT molecular complexity index is 1370. The predicted octanol–water partition coefficient (Wildman–Crippen LogP) is 1.84. The Balaban J connectivity index is 1.47. The van der Waals surface area contributed by atoms with Crippen molar-refractivity contribution in [1.29, 1.82) is 5.26 Å². The lowest BCUT2D eigenvalue weighted by Crippen LogP contribution is -2.51. The van der Waals surface area contributed by atoms with Crippen LogP contribution in [0.2, 0.25) is 0 Å². The lowest BCUT2D eigenvalue weighted by atomic mass is 9.98. The van der Waals surface area contributed by atoms with Gasteiger partial charge in [0.15, 0.2) is 15.6 Å². The predicted molar refractivity (Wildman–Crippen MR) is 139 cm³/mol. The van der Waals surface area contributed by atoms with Gasteiger partial charge in [0.2, 0.25) is 0 Å². The van der Waals surface area contributed by atoms with Crippen LogP contribution in [0.15, 0.2) is 24.3 Å². The van der Waals surface area contributed by atoms with Crippen LogP contribution in [-0.2, 0) is 34.5 Å². The van der Waals surface area contributed by atoms with Crippen molar-refractivity contribution in [3.8, 4) is 6.07 Å². The molecule has 4 rings (SSSR count). The molecular weight excluding hydrogens is 508 g/mol. The van der Waals surface area contributed by atoms with Crippen molar-refractivity contribution in [2.24, 2.45) is 7.05 Å². The SMILES string of the molecule is Cn1nc(C(=O)CCc2ccc(C#N)cc2)c2c1C(=O)N(CC1(S(=O)(=O)C(C)(C)COCCO)CC1)CC2. The Kier molecular flexibility index (Phi) is 7.79. The topological polar surface area (TPSA) is 143 Å². The molecule has 1 aliphatic heterocycles. The average molecular weight is 543 g/mol. The van der Waals surface area contributed by atoms with Crippen LogP contribution in [0, 0.1) is 11.3 Å². The monoisotopic (exact) mass is 542 g/mol. The van der Waals surface area contributed by atoms with E-state index < -0.39 is 19.3 Å². The van der Waals surface area contributed by atoms with Gasteiger partial charge in [0.25, 0.3) is 5.91 Å². The highest BCUT2D eigenvalue weighted by Crippen LogP contribution is 2.49. The van der Waals surface area contributed by atoms with Crippen LogP contribution in [0.5, 0.6) is 0 Å². The molecule has 0 bridgehead atoms. The maximum atomic E-state index is 13.6. The van der Waals surface area contributed by atoms with Gasteiger partial charge in [0.05, 0.1) is 40.9 Å². The number of benzene rings is 1. The summed E-state index contributed by atoms with van der Waals surface area (Å²) in [6.45, 7) is 3.48. The largest absolute Gasteiger partial charge is 0.394 e. The molecule has 1 aliphatic carbocycles. The molecule has 38 heavy (non-hydrogen) atoms. The van der Waals surface area contributed by atoms with Gasteiger partial charge in [-0.2, -0.15) is 10.4 Å². The third kappa shape index (κ3) is 5.13. The van der Waals surface area contributed by atoms with Crippen molar-refractivity contribution in [2.45, 2.75) is 55.4 Å². The molecular formula is C27H34N4O6S. The smallest absolute Gasteiger partial charge is 0.272 e. The number of fused-ring (bicyclic) bond motifs is 1. The van der Waals surface area contributed by atoms with Crippen molar-refractivity contribution in [1.82, 2.24) is 14.7 Å². The van der Waals surface area contributed by atoms with E-state index in [1.807, 2.05) is 12.1 Å². The van der Waals surface area contributed by atoms with Gasteiger partial charge in [-0.3, -0.25) is 14.3 Å². The van der Waals surface area contributed by atoms with E-state index in [9.17, 15) is 18.0 Å². The highest BCUT2D eigenvalue weighted by molar-refractivity contribution is 7.94. The normalized spacial score (nSPS) is 16.7. The van der Waals surface area contributed by atoms with Gasteiger partial charge in [-0.25, -0.2) is 8.42 Å². The Morgan fingerprint density at radius 1 is 1.26 bits per heavy atom. The number of aromatic nitrogens is 2. The van der Waals surface area contributed by atoms with Crippen LogP contribution < -0.4 is 0 Å². The summed E-state index contributed by atoms with van der Waals surface area (Å²) in [5.74, 6) is -0.471. The van der Waals surface area contributed by atoms with Crippen molar-refractivity contribution >= 4 is 21.5 Å². The number of rotatable bonds is 12. The van der Waals surface area contributed by atoms with Gasteiger partial charge >= 0.3 is 0 Å². The lowest BCUT2D eigenvalue weighted by Gasteiger charge is -2.35. The van der Waals surface area contributed by atoms with Gasteiger partial charge in [0, 0.05) is 32.1 Å². The molecule has 1 fully saturated rings. The standard InChI is InChI=1S/C27H34N4O6S/c1-26(2,18-37-15-14-32)38(35,36)27(11-12-27)17-31-13-10-21-23(29-30(3)24(21)25(31)34)22(33)9-8-19-4-6-20(16-28)7-5-19/h4-7,32H,8-15,17-18H2,1-3H3. The number of hydrogen-bond acceptors (Lipinski definition) is 8. The van der Waals surface area contributed by atoms with E-state index in [1.165, 1.54) is 4.68 Å². The molecule has 0 radical (unpaired) electrons. The van der Waals surface area contributed by atoms with E-state index in [-0.39, 0.29) is 44.5 Å². The van der Waals surface area contributed by atoms with Crippen LogP contribution in [0.1, 0.15) is 70.8 Å². The summed E-state index contributed by atoms with van der Waals surface area (Å²) in [6, 6.07) is 9.14. The summed E-state index contributed by atoms with van der Waals surface area (Å²) in [6.07, 6.45) is 2.09. The summed E-state index contributed by atoms with van der Waals surface area (Å²) >= 11 is 0. The molecule has 1 aromatic heterocycles. The fraction of sp³-hybridized carbons (Fsp3) is 0.556. The number of ether oxygens (including phenoxy) is 1. The Morgan fingerprint density at radius 2 is 1.95 bits per heavy atom. The first kappa shape index (κ1) is 28.0. The molecule has 1 amide bonds. The number of hydrogen-bond donors (Lipinski definition) is 1. The van der Waals surface area contributed by atoms with Crippen LogP contribution in [0.3, 0.4) is 0 Å². The number of carbonyl (C=O) groups excluding carboxylic acids is 2. The minimum Gasteiger partial charge on any atom is -0.394 e. The number of sulfone groups is 1. The zero-order chi connectivity index (χ0) is 27.7. The summed E-state index contributed by atoms with van der Waals surface area (Å²) in [5.41, 5.74) is 2.73. The fourth-order valence-corrected chi connectivity index (χ4v) is 7.49. The number of amides is 1. The van der Waals surface area contributed by atoms with Gasteiger partial charge in [-0.1, -0.05) is 12.1 Å². The molecule has 11 heteroatoms. The first-order valence-electron chi connectivity index (χ1n) is 12.8. The Morgan fingerprint density at radius 3 is 2.55 bits per heavy atom. The van der Waals surface area contributed by atoms with Crippen molar-refractivity contribution in [3.05, 3.63) is 52.3 Å². The van der Waals surface area contributed by atoms with E-state index in [0.717, 1.165) is 5.56 Å². The zero-order valence-electron chi connectivity index (χ0n) is 22.1. The second kappa shape index (κ2) is 10.6. The van der Waals surface area contributed by atoms with Crippen LogP contribution >= 0.6 is 0 Å². The first-order chi connectivity index (χ1) is 18.0. The third-order valence-electron chi connectivity index (χ3n) is 7.52. The molecule has 1 saturated carbocycles. The number of nitriles is 1. The van der Waals surface area contributed by atoms with Gasteiger partial charge < -0.3 is 14.7 Å². The van der Waals surface area contributed by atoms with E-state index in [2.05, 4.69) is 11.2 Å². The van der Waals surface area contributed by atoms with Crippen LogP contribution in [0.4, 0.5) is 0 Å². The summed E-state index contributed by atoms with van der Waals surface area (Å²) in [7, 11) is -2.03. The second-order valence-electron chi connectivity index (χ2n) is 10.7. The lowest BCUT2D eigenvalue weighted by molar-refractivity contribution is 0.0719. The molecule has 204 valence electrons. The zero-order valence-corrected chi connectivity index (χ0v) is 22.9. The van der Waals surface area contributed by atoms with Gasteiger partial charge in [-0.05, 0) is 57.2 Å². The molecule has 0 atom stereocenters. The minimum absolute atomic E-state index is 0.0363. The quantitative estimate of drug-likeness (QED) is 0.316. The Labute approximate surface area is 223 Å². The number of carbonyl (C=O) groups is 2. The minimum atomic E-state index is -3.66. The number of aliphatic hydroxyl groups excluding tert-OH is 1. The molecule has 1 N–H and O–H groups in total. The first-order valence-corrected chi connectivity index (χ1v) is 14.2. The molecule has 0 spiro atoms. The average Bonchev–Trinajstić information content (AvgIpc) is 3.60.